The number of anilines is 2. The number of piperazine rings is 1. The highest BCUT2D eigenvalue weighted by Crippen LogP contribution is 2.26. The lowest BCUT2D eigenvalue weighted by Gasteiger charge is -2.34. The van der Waals surface area contributed by atoms with Crippen molar-refractivity contribution < 1.29 is 14.5 Å². The first kappa shape index (κ1) is 21.3. The Balaban J connectivity index is 1.61. The Morgan fingerprint density at radius 1 is 1.07 bits per heavy atom. The number of carbonyl (C=O) groups is 2. The van der Waals surface area contributed by atoms with Gasteiger partial charge in [-0.15, -0.1) is 0 Å². The Morgan fingerprint density at radius 2 is 1.73 bits per heavy atom. The van der Waals surface area contributed by atoms with Crippen LogP contribution in [0.4, 0.5) is 17.1 Å². The summed E-state index contributed by atoms with van der Waals surface area (Å²) in [5.41, 5.74) is 1.58. The number of nitrogens with zero attached hydrogens (tertiary/aromatic N) is 4. The molecule has 0 saturated carbocycles. The normalized spacial score (nSPS) is 14.3. The minimum Gasteiger partial charge on any atom is -0.377 e. The van der Waals surface area contributed by atoms with Crippen LogP contribution in [0.3, 0.4) is 0 Å². The number of hydrogen-bond donors (Lipinski definition) is 1. The number of nitro groups is 1. The molecule has 1 aliphatic rings. The first-order valence-corrected chi connectivity index (χ1v) is 9.67. The van der Waals surface area contributed by atoms with Crippen molar-refractivity contribution in [1.82, 2.24) is 9.80 Å². The van der Waals surface area contributed by atoms with E-state index in [1.54, 1.807) is 30.0 Å². The number of benzene rings is 2. The van der Waals surface area contributed by atoms with Gasteiger partial charge in [-0.3, -0.25) is 24.6 Å². The maximum atomic E-state index is 13.0. The standard InChI is InChI=1S/C21H25N5O4/c1-23(2)19-9-8-17(26(29)30)14-18(19)21(28)25-12-10-24(11-13-25)15-20(27)22-16-6-4-3-5-7-16/h3-9,14H,10-13,15H2,1-2H3,(H,22,27). The second kappa shape index (κ2) is 9.36. The van der Waals surface area contributed by atoms with Crippen LogP contribution in [0.5, 0.6) is 0 Å². The summed E-state index contributed by atoms with van der Waals surface area (Å²) in [5.74, 6) is -0.342. The van der Waals surface area contributed by atoms with Crippen LogP contribution in [0.1, 0.15) is 10.4 Å². The van der Waals surface area contributed by atoms with Gasteiger partial charge in [0.2, 0.25) is 5.91 Å². The molecule has 9 heteroatoms. The molecule has 1 heterocycles. The highest BCUT2D eigenvalue weighted by molar-refractivity contribution is 6.00. The Hall–Kier alpha value is -3.46. The zero-order valence-electron chi connectivity index (χ0n) is 17.1. The SMILES string of the molecule is CN(C)c1ccc([N+](=O)[O-])cc1C(=O)N1CCN(CC(=O)Nc2ccccc2)CC1. The molecule has 1 N–H and O–H groups in total. The van der Waals surface area contributed by atoms with Gasteiger partial charge in [-0.05, 0) is 18.2 Å². The van der Waals surface area contributed by atoms with Crippen LogP contribution < -0.4 is 10.2 Å². The number of nitrogens with one attached hydrogen (secondary N) is 1. The number of amides is 2. The third kappa shape index (κ3) is 5.12. The van der Waals surface area contributed by atoms with Crippen LogP contribution in [-0.2, 0) is 4.79 Å². The zero-order chi connectivity index (χ0) is 21.7. The Labute approximate surface area is 175 Å². The van der Waals surface area contributed by atoms with E-state index in [4.69, 9.17) is 0 Å². The minimum absolute atomic E-state index is 0.102. The predicted molar refractivity (Wildman–Crippen MR) is 115 cm³/mol. The summed E-state index contributed by atoms with van der Waals surface area (Å²) in [6.07, 6.45) is 0. The van der Waals surface area contributed by atoms with Crippen LogP contribution in [0, 0.1) is 10.1 Å². The van der Waals surface area contributed by atoms with Crippen LogP contribution >= 0.6 is 0 Å². The van der Waals surface area contributed by atoms with E-state index < -0.39 is 4.92 Å². The molecule has 0 aliphatic carbocycles. The average Bonchev–Trinajstić information content (AvgIpc) is 2.74. The quantitative estimate of drug-likeness (QED) is 0.577. The summed E-state index contributed by atoms with van der Waals surface area (Å²) in [5, 5.41) is 14.0. The fourth-order valence-electron chi connectivity index (χ4n) is 3.40. The van der Waals surface area contributed by atoms with Gasteiger partial charge in [-0.1, -0.05) is 18.2 Å². The molecule has 0 radical (unpaired) electrons. The molecule has 2 aromatic carbocycles. The fraction of sp³-hybridized carbons (Fsp3) is 0.333. The van der Waals surface area contributed by atoms with E-state index in [0.29, 0.717) is 37.4 Å². The molecule has 2 aromatic rings. The minimum atomic E-state index is -0.500. The van der Waals surface area contributed by atoms with E-state index in [1.165, 1.54) is 12.1 Å². The van der Waals surface area contributed by atoms with Crippen LogP contribution in [0.15, 0.2) is 48.5 Å². The number of para-hydroxylation sites is 1. The molecule has 30 heavy (non-hydrogen) atoms. The first-order chi connectivity index (χ1) is 14.3. The smallest absolute Gasteiger partial charge is 0.270 e. The molecule has 9 nitrogen and oxygen atoms in total. The molecule has 0 bridgehead atoms. The molecule has 3 rings (SSSR count). The Bertz CT molecular complexity index is 924. The maximum Gasteiger partial charge on any atom is 0.270 e. The molecule has 0 unspecified atom stereocenters. The second-order valence-electron chi connectivity index (χ2n) is 7.34. The topological polar surface area (TPSA) is 99.0 Å². The summed E-state index contributed by atoms with van der Waals surface area (Å²) in [7, 11) is 3.59. The summed E-state index contributed by atoms with van der Waals surface area (Å²) >= 11 is 0. The molecular formula is C21H25N5O4. The van der Waals surface area contributed by atoms with Crippen molar-refractivity contribution >= 4 is 28.9 Å². The number of non-ortho nitro benzene ring substituents is 1. The number of rotatable bonds is 6. The maximum absolute atomic E-state index is 13.0. The Morgan fingerprint density at radius 3 is 2.33 bits per heavy atom. The van der Waals surface area contributed by atoms with Gasteiger partial charge < -0.3 is 15.1 Å². The predicted octanol–water partition coefficient (Wildman–Crippen LogP) is 2.06. The average molecular weight is 411 g/mol. The van der Waals surface area contributed by atoms with E-state index >= 15 is 0 Å². The van der Waals surface area contributed by atoms with E-state index in [9.17, 15) is 19.7 Å². The van der Waals surface area contributed by atoms with E-state index in [1.807, 2.05) is 35.2 Å². The Kier molecular flexibility index (Phi) is 6.63. The first-order valence-electron chi connectivity index (χ1n) is 9.67. The van der Waals surface area contributed by atoms with E-state index in [0.717, 1.165) is 5.69 Å². The van der Waals surface area contributed by atoms with Gasteiger partial charge in [0.15, 0.2) is 0 Å². The van der Waals surface area contributed by atoms with Gasteiger partial charge in [0.1, 0.15) is 0 Å². The van der Waals surface area contributed by atoms with Crippen molar-refractivity contribution in [3.8, 4) is 0 Å². The molecule has 0 spiro atoms. The summed E-state index contributed by atoms with van der Waals surface area (Å²) in [6, 6.07) is 13.6. The molecular weight excluding hydrogens is 386 g/mol. The lowest BCUT2D eigenvalue weighted by molar-refractivity contribution is -0.384. The number of hydrogen-bond acceptors (Lipinski definition) is 6. The van der Waals surface area contributed by atoms with Gasteiger partial charge in [-0.25, -0.2) is 0 Å². The molecule has 0 aromatic heterocycles. The van der Waals surface area contributed by atoms with Gasteiger partial charge in [-0.2, -0.15) is 0 Å². The number of nitro benzene ring substituents is 1. The van der Waals surface area contributed by atoms with Gasteiger partial charge >= 0.3 is 0 Å². The van der Waals surface area contributed by atoms with Gasteiger partial charge in [0.05, 0.1) is 17.0 Å². The van der Waals surface area contributed by atoms with Crippen LogP contribution in [0.2, 0.25) is 0 Å². The fourth-order valence-corrected chi connectivity index (χ4v) is 3.40. The third-order valence-electron chi connectivity index (χ3n) is 4.99. The summed E-state index contributed by atoms with van der Waals surface area (Å²) < 4.78 is 0. The molecule has 1 fully saturated rings. The third-order valence-corrected chi connectivity index (χ3v) is 4.99. The summed E-state index contributed by atoms with van der Waals surface area (Å²) in [4.78, 5) is 41.3. The van der Waals surface area contributed by atoms with Crippen molar-refractivity contribution in [3.05, 3.63) is 64.2 Å². The largest absolute Gasteiger partial charge is 0.377 e. The van der Waals surface area contributed by atoms with Crippen molar-refractivity contribution in [3.63, 3.8) is 0 Å². The molecule has 0 atom stereocenters. The molecule has 158 valence electrons. The van der Waals surface area contributed by atoms with Gasteiger partial charge in [0, 0.05) is 63.8 Å². The van der Waals surface area contributed by atoms with Crippen molar-refractivity contribution in [2.24, 2.45) is 0 Å². The van der Waals surface area contributed by atoms with Crippen LogP contribution in [0.25, 0.3) is 0 Å². The zero-order valence-corrected chi connectivity index (χ0v) is 17.1. The number of carbonyl (C=O) groups excluding carboxylic acids is 2. The van der Waals surface area contributed by atoms with Crippen molar-refractivity contribution in [1.29, 1.82) is 0 Å². The molecule has 1 saturated heterocycles. The van der Waals surface area contributed by atoms with Gasteiger partial charge in [0.25, 0.3) is 11.6 Å². The molecule has 2 amide bonds. The van der Waals surface area contributed by atoms with E-state index in [-0.39, 0.29) is 24.0 Å². The highest BCUT2D eigenvalue weighted by atomic mass is 16.6. The monoisotopic (exact) mass is 411 g/mol. The van der Waals surface area contributed by atoms with Crippen molar-refractivity contribution in [2.75, 3.05) is 57.0 Å². The van der Waals surface area contributed by atoms with Crippen LogP contribution in [-0.4, -0.2) is 73.4 Å². The summed E-state index contributed by atoms with van der Waals surface area (Å²) in [6.45, 7) is 2.26. The highest BCUT2D eigenvalue weighted by Gasteiger charge is 2.26. The molecule has 1 aliphatic heterocycles. The van der Waals surface area contributed by atoms with Crippen molar-refractivity contribution in [2.45, 2.75) is 0 Å². The lowest BCUT2D eigenvalue weighted by Crippen LogP contribution is -2.50. The van der Waals surface area contributed by atoms with E-state index in [2.05, 4.69) is 5.32 Å². The second-order valence-corrected chi connectivity index (χ2v) is 7.34. The lowest BCUT2D eigenvalue weighted by atomic mass is 10.1.